The molecule has 1 N–H and O–H groups in total. The minimum absolute atomic E-state index is 0.579. The standard InChI is InChI=1S/C12H21N3/c1-9-5-11(15(4)14-9)8-13-7-10-6-12(10,2)3/h5,10,13H,6-8H2,1-4H3. The Morgan fingerprint density at radius 2 is 2.27 bits per heavy atom. The quantitative estimate of drug-likeness (QED) is 0.816. The molecule has 3 heteroatoms. The molecule has 1 atom stereocenters. The van der Waals surface area contributed by atoms with Crippen LogP contribution in [0.2, 0.25) is 0 Å². The Labute approximate surface area is 91.9 Å². The monoisotopic (exact) mass is 207 g/mol. The highest BCUT2D eigenvalue weighted by Crippen LogP contribution is 2.50. The lowest BCUT2D eigenvalue weighted by atomic mass is 10.1. The van der Waals surface area contributed by atoms with E-state index in [0.29, 0.717) is 5.41 Å². The van der Waals surface area contributed by atoms with E-state index >= 15 is 0 Å². The summed E-state index contributed by atoms with van der Waals surface area (Å²) in [6.07, 6.45) is 1.37. The highest BCUT2D eigenvalue weighted by atomic mass is 15.3. The van der Waals surface area contributed by atoms with Crippen LogP contribution in [-0.4, -0.2) is 16.3 Å². The summed E-state index contributed by atoms with van der Waals surface area (Å²) in [6, 6.07) is 2.14. The molecule has 0 radical (unpaired) electrons. The van der Waals surface area contributed by atoms with Crippen LogP contribution in [0.5, 0.6) is 0 Å². The number of hydrogen-bond donors (Lipinski definition) is 1. The number of aromatic nitrogens is 2. The SMILES string of the molecule is Cc1cc(CNCC2CC2(C)C)n(C)n1. The molecule has 0 saturated heterocycles. The van der Waals surface area contributed by atoms with Gasteiger partial charge in [-0.1, -0.05) is 13.8 Å². The zero-order valence-corrected chi connectivity index (χ0v) is 10.2. The maximum atomic E-state index is 4.33. The maximum Gasteiger partial charge on any atom is 0.0597 e. The molecule has 84 valence electrons. The van der Waals surface area contributed by atoms with Gasteiger partial charge in [-0.2, -0.15) is 5.10 Å². The summed E-state index contributed by atoms with van der Waals surface area (Å²) in [5.41, 5.74) is 2.95. The molecule has 0 aromatic carbocycles. The Bertz CT molecular complexity index is 352. The van der Waals surface area contributed by atoms with Crippen molar-refractivity contribution in [2.75, 3.05) is 6.54 Å². The molecule has 1 fully saturated rings. The van der Waals surface area contributed by atoms with Crippen molar-refractivity contribution in [3.8, 4) is 0 Å². The molecule has 0 spiro atoms. The maximum absolute atomic E-state index is 4.33. The Balaban J connectivity index is 1.77. The lowest BCUT2D eigenvalue weighted by molar-refractivity contribution is 0.512. The van der Waals surface area contributed by atoms with E-state index in [1.54, 1.807) is 0 Å². The molecule has 15 heavy (non-hydrogen) atoms. The predicted molar refractivity (Wildman–Crippen MR) is 61.5 cm³/mol. The zero-order chi connectivity index (χ0) is 11.1. The molecule has 1 aliphatic carbocycles. The van der Waals surface area contributed by atoms with Gasteiger partial charge in [0.1, 0.15) is 0 Å². The molecule has 1 aromatic heterocycles. The number of nitrogens with zero attached hydrogens (tertiary/aromatic N) is 2. The van der Waals surface area contributed by atoms with Crippen LogP contribution in [0.25, 0.3) is 0 Å². The van der Waals surface area contributed by atoms with Crippen molar-refractivity contribution in [1.82, 2.24) is 15.1 Å². The highest BCUT2D eigenvalue weighted by molar-refractivity contribution is 5.08. The number of rotatable bonds is 4. The van der Waals surface area contributed by atoms with E-state index in [1.165, 1.54) is 12.1 Å². The van der Waals surface area contributed by atoms with Gasteiger partial charge in [-0.3, -0.25) is 4.68 Å². The van der Waals surface area contributed by atoms with E-state index in [1.807, 2.05) is 18.7 Å². The molecule has 0 aliphatic heterocycles. The lowest BCUT2D eigenvalue weighted by Gasteiger charge is -2.06. The smallest absolute Gasteiger partial charge is 0.0597 e. The number of nitrogens with one attached hydrogen (secondary N) is 1. The predicted octanol–water partition coefficient (Wildman–Crippen LogP) is 1.86. The minimum Gasteiger partial charge on any atom is -0.311 e. The molecule has 1 saturated carbocycles. The summed E-state index contributed by atoms with van der Waals surface area (Å²) in [5.74, 6) is 0.867. The third-order valence-electron chi connectivity index (χ3n) is 3.51. The Hall–Kier alpha value is -0.830. The topological polar surface area (TPSA) is 29.9 Å². The van der Waals surface area contributed by atoms with Gasteiger partial charge in [0.25, 0.3) is 0 Å². The summed E-state index contributed by atoms with van der Waals surface area (Å²) in [6.45, 7) is 8.79. The minimum atomic E-state index is 0.579. The Morgan fingerprint density at radius 3 is 2.73 bits per heavy atom. The van der Waals surface area contributed by atoms with Crippen LogP contribution in [0.15, 0.2) is 6.07 Å². The van der Waals surface area contributed by atoms with Gasteiger partial charge in [-0.15, -0.1) is 0 Å². The zero-order valence-electron chi connectivity index (χ0n) is 10.2. The number of hydrogen-bond acceptors (Lipinski definition) is 2. The average Bonchev–Trinajstić information content (AvgIpc) is 2.58. The first-order chi connectivity index (χ1) is 6.99. The van der Waals surface area contributed by atoms with Crippen molar-refractivity contribution in [3.63, 3.8) is 0 Å². The van der Waals surface area contributed by atoms with E-state index in [-0.39, 0.29) is 0 Å². The first-order valence-electron chi connectivity index (χ1n) is 5.69. The van der Waals surface area contributed by atoms with Crippen molar-refractivity contribution in [1.29, 1.82) is 0 Å². The van der Waals surface area contributed by atoms with Gasteiger partial charge in [0.15, 0.2) is 0 Å². The van der Waals surface area contributed by atoms with Crippen LogP contribution < -0.4 is 5.32 Å². The van der Waals surface area contributed by atoms with E-state index in [4.69, 9.17) is 0 Å². The van der Waals surface area contributed by atoms with Gasteiger partial charge in [0.2, 0.25) is 0 Å². The van der Waals surface area contributed by atoms with Crippen LogP contribution in [0, 0.1) is 18.3 Å². The Morgan fingerprint density at radius 1 is 1.60 bits per heavy atom. The molecule has 0 bridgehead atoms. The van der Waals surface area contributed by atoms with E-state index in [9.17, 15) is 0 Å². The van der Waals surface area contributed by atoms with Gasteiger partial charge < -0.3 is 5.32 Å². The fourth-order valence-corrected chi connectivity index (χ4v) is 2.13. The highest BCUT2D eigenvalue weighted by Gasteiger charge is 2.44. The molecular weight excluding hydrogens is 186 g/mol. The second kappa shape index (κ2) is 3.63. The first-order valence-corrected chi connectivity index (χ1v) is 5.69. The fourth-order valence-electron chi connectivity index (χ4n) is 2.13. The van der Waals surface area contributed by atoms with Gasteiger partial charge in [-0.25, -0.2) is 0 Å². The second-order valence-electron chi connectivity index (χ2n) is 5.42. The van der Waals surface area contributed by atoms with Crippen molar-refractivity contribution >= 4 is 0 Å². The molecule has 1 unspecified atom stereocenters. The first kappa shape index (κ1) is 10.7. The van der Waals surface area contributed by atoms with E-state index < -0.39 is 0 Å². The molecular formula is C12H21N3. The van der Waals surface area contributed by atoms with Gasteiger partial charge >= 0.3 is 0 Å². The van der Waals surface area contributed by atoms with E-state index in [2.05, 4.69) is 30.3 Å². The summed E-state index contributed by atoms with van der Waals surface area (Å²) in [7, 11) is 2.01. The molecule has 0 amide bonds. The van der Waals surface area contributed by atoms with Crippen LogP contribution in [-0.2, 0) is 13.6 Å². The second-order valence-corrected chi connectivity index (χ2v) is 5.42. The third-order valence-corrected chi connectivity index (χ3v) is 3.51. The lowest BCUT2D eigenvalue weighted by Crippen LogP contribution is -2.19. The summed E-state index contributed by atoms with van der Waals surface area (Å²) in [4.78, 5) is 0. The van der Waals surface area contributed by atoms with E-state index in [0.717, 1.165) is 24.7 Å². The van der Waals surface area contributed by atoms with Crippen molar-refractivity contribution in [2.24, 2.45) is 18.4 Å². The van der Waals surface area contributed by atoms with Crippen LogP contribution >= 0.6 is 0 Å². The molecule has 3 nitrogen and oxygen atoms in total. The van der Waals surface area contributed by atoms with Crippen molar-refractivity contribution in [3.05, 3.63) is 17.5 Å². The molecule has 1 aromatic rings. The summed E-state index contributed by atoms with van der Waals surface area (Å²) in [5, 5.41) is 7.84. The van der Waals surface area contributed by atoms with Gasteiger partial charge in [0, 0.05) is 13.6 Å². The number of aryl methyl sites for hydroxylation is 2. The average molecular weight is 207 g/mol. The molecule has 1 aliphatic rings. The van der Waals surface area contributed by atoms with Crippen LogP contribution in [0.3, 0.4) is 0 Å². The van der Waals surface area contributed by atoms with Gasteiger partial charge in [-0.05, 0) is 37.3 Å². The van der Waals surface area contributed by atoms with Gasteiger partial charge in [0.05, 0.1) is 11.4 Å². The normalized spacial score (nSPS) is 23.1. The Kier molecular flexibility index (Phi) is 2.59. The van der Waals surface area contributed by atoms with Crippen LogP contribution in [0.1, 0.15) is 31.7 Å². The summed E-state index contributed by atoms with van der Waals surface area (Å²) < 4.78 is 1.96. The fraction of sp³-hybridized carbons (Fsp3) is 0.750. The molecule has 1 heterocycles. The largest absolute Gasteiger partial charge is 0.311 e. The van der Waals surface area contributed by atoms with Crippen molar-refractivity contribution in [2.45, 2.75) is 33.7 Å². The summed E-state index contributed by atoms with van der Waals surface area (Å²) >= 11 is 0. The van der Waals surface area contributed by atoms with Crippen LogP contribution in [0.4, 0.5) is 0 Å². The molecule has 2 rings (SSSR count). The third kappa shape index (κ3) is 2.40. The van der Waals surface area contributed by atoms with Crippen molar-refractivity contribution < 1.29 is 0 Å².